The molecule has 5 heteroatoms. The Morgan fingerprint density at radius 2 is 1.79 bits per heavy atom. The summed E-state index contributed by atoms with van der Waals surface area (Å²) in [7, 11) is 0. The zero-order chi connectivity index (χ0) is 17.7. The number of carbonyl (C=O) groups is 1. The quantitative estimate of drug-likeness (QED) is 0.791. The molecule has 1 amide bonds. The largest absolute Gasteiger partial charge is 0.396 e. The van der Waals surface area contributed by atoms with E-state index in [-0.39, 0.29) is 18.6 Å². The van der Waals surface area contributed by atoms with Crippen LogP contribution in [0.2, 0.25) is 10.0 Å². The van der Waals surface area contributed by atoms with Crippen LogP contribution in [0.3, 0.4) is 0 Å². The van der Waals surface area contributed by atoms with Crippen molar-refractivity contribution in [3.63, 3.8) is 0 Å². The van der Waals surface area contributed by atoms with E-state index in [0.29, 0.717) is 28.6 Å². The lowest BCUT2D eigenvalue weighted by atomic mass is 10.0. The van der Waals surface area contributed by atoms with E-state index >= 15 is 0 Å². The molecule has 0 saturated heterocycles. The van der Waals surface area contributed by atoms with E-state index in [1.165, 1.54) is 0 Å². The molecule has 128 valence electrons. The molecule has 0 unspecified atom stereocenters. The number of hydrogen-bond acceptors (Lipinski definition) is 2. The third-order valence-electron chi connectivity index (χ3n) is 3.99. The van der Waals surface area contributed by atoms with Crippen molar-refractivity contribution in [2.75, 3.05) is 13.2 Å². The molecule has 24 heavy (non-hydrogen) atoms. The monoisotopic (exact) mass is 365 g/mol. The summed E-state index contributed by atoms with van der Waals surface area (Å²) in [6.45, 7) is 4.53. The fraction of sp³-hybridized carbons (Fsp3) is 0.316. The van der Waals surface area contributed by atoms with Gasteiger partial charge in [0.25, 0.3) is 5.91 Å². The molecule has 1 N–H and O–H groups in total. The summed E-state index contributed by atoms with van der Waals surface area (Å²) >= 11 is 12.1. The average Bonchev–Trinajstić information content (AvgIpc) is 2.55. The summed E-state index contributed by atoms with van der Waals surface area (Å²) in [6, 6.07) is 12.7. The number of hydrogen-bond donors (Lipinski definition) is 1. The molecular formula is C19H21Cl2NO2. The Bertz CT molecular complexity index is 698. The van der Waals surface area contributed by atoms with Gasteiger partial charge in [-0.05, 0) is 61.7 Å². The maximum Gasteiger partial charge on any atom is 0.254 e. The fourth-order valence-electron chi connectivity index (χ4n) is 2.72. The molecule has 1 atom stereocenters. The van der Waals surface area contributed by atoms with Crippen molar-refractivity contribution in [3.05, 3.63) is 58.1 Å². The van der Waals surface area contributed by atoms with Crippen molar-refractivity contribution in [1.82, 2.24) is 4.90 Å². The molecule has 3 nitrogen and oxygen atoms in total. The molecule has 0 aromatic heterocycles. The molecule has 0 radical (unpaired) electrons. The molecule has 0 saturated carbocycles. The second-order valence-electron chi connectivity index (χ2n) is 5.69. The summed E-state index contributed by atoms with van der Waals surface area (Å²) in [5, 5.41) is 10.2. The Balaban J connectivity index is 2.34. The number of carbonyl (C=O) groups excluding carboxylic acids is 1. The number of benzene rings is 2. The lowest BCUT2D eigenvalue weighted by Gasteiger charge is -2.28. The molecule has 0 bridgehead atoms. The highest BCUT2D eigenvalue weighted by molar-refractivity contribution is 6.35. The van der Waals surface area contributed by atoms with Gasteiger partial charge in [0, 0.05) is 34.8 Å². The Labute approximate surface area is 152 Å². The lowest BCUT2D eigenvalue weighted by Crippen LogP contribution is -2.39. The topological polar surface area (TPSA) is 40.5 Å². The molecule has 0 aliphatic carbocycles. The Kier molecular flexibility index (Phi) is 6.67. The summed E-state index contributed by atoms with van der Waals surface area (Å²) in [5.41, 5.74) is 2.36. The summed E-state index contributed by atoms with van der Waals surface area (Å²) < 4.78 is 0. The molecule has 2 aromatic carbocycles. The van der Waals surface area contributed by atoms with Gasteiger partial charge in [-0.15, -0.1) is 0 Å². The molecule has 2 aromatic rings. The van der Waals surface area contributed by atoms with Gasteiger partial charge >= 0.3 is 0 Å². The number of aliphatic hydroxyl groups is 1. The zero-order valence-corrected chi connectivity index (χ0v) is 15.3. The van der Waals surface area contributed by atoms with Crippen molar-refractivity contribution in [2.45, 2.75) is 26.3 Å². The van der Waals surface area contributed by atoms with E-state index < -0.39 is 0 Å². The third-order valence-corrected chi connectivity index (χ3v) is 4.42. The smallest absolute Gasteiger partial charge is 0.254 e. The molecule has 0 aliphatic heterocycles. The van der Waals surface area contributed by atoms with E-state index in [1.54, 1.807) is 17.0 Å². The van der Waals surface area contributed by atoms with Gasteiger partial charge in [-0.2, -0.15) is 0 Å². The van der Waals surface area contributed by atoms with Crippen LogP contribution in [0.1, 0.15) is 30.6 Å². The maximum absolute atomic E-state index is 12.8. The molecule has 0 spiro atoms. The third kappa shape index (κ3) is 4.50. The van der Waals surface area contributed by atoms with E-state index in [0.717, 1.165) is 11.1 Å². The predicted octanol–water partition coefficient (Wildman–Crippen LogP) is 4.89. The van der Waals surface area contributed by atoms with Gasteiger partial charge in [-0.1, -0.05) is 35.3 Å². The van der Waals surface area contributed by atoms with Crippen LogP contribution in [0.25, 0.3) is 11.1 Å². The van der Waals surface area contributed by atoms with Crippen LogP contribution < -0.4 is 0 Å². The van der Waals surface area contributed by atoms with Crippen molar-refractivity contribution < 1.29 is 9.90 Å². The zero-order valence-electron chi connectivity index (χ0n) is 13.8. The van der Waals surface area contributed by atoms with Crippen molar-refractivity contribution in [3.8, 4) is 11.1 Å². The van der Waals surface area contributed by atoms with Gasteiger partial charge in [-0.25, -0.2) is 0 Å². The average molecular weight is 366 g/mol. The lowest BCUT2D eigenvalue weighted by molar-refractivity contribution is 0.0679. The summed E-state index contributed by atoms with van der Waals surface area (Å²) in [4.78, 5) is 14.6. The van der Waals surface area contributed by atoms with E-state index in [4.69, 9.17) is 28.3 Å². The van der Waals surface area contributed by atoms with Gasteiger partial charge in [0.2, 0.25) is 0 Å². The minimum Gasteiger partial charge on any atom is -0.396 e. The maximum atomic E-state index is 12.8. The molecular weight excluding hydrogens is 345 g/mol. The van der Waals surface area contributed by atoms with Crippen LogP contribution in [0.4, 0.5) is 0 Å². The summed E-state index contributed by atoms with van der Waals surface area (Å²) in [6.07, 6.45) is 0.559. The molecule has 2 rings (SSSR count). The Morgan fingerprint density at radius 3 is 2.38 bits per heavy atom. The van der Waals surface area contributed by atoms with Crippen molar-refractivity contribution in [1.29, 1.82) is 0 Å². The van der Waals surface area contributed by atoms with Crippen LogP contribution in [0.15, 0.2) is 42.5 Å². The summed E-state index contributed by atoms with van der Waals surface area (Å²) in [5.74, 6) is -0.0478. The number of rotatable bonds is 6. The predicted molar refractivity (Wildman–Crippen MR) is 99.8 cm³/mol. The fourth-order valence-corrected chi connectivity index (χ4v) is 3.24. The normalized spacial score (nSPS) is 12.0. The van der Waals surface area contributed by atoms with E-state index in [2.05, 4.69) is 0 Å². The highest BCUT2D eigenvalue weighted by Gasteiger charge is 2.20. The van der Waals surface area contributed by atoms with Gasteiger partial charge < -0.3 is 10.0 Å². The van der Waals surface area contributed by atoms with Crippen LogP contribution in [-0.2, 0) is 0 Å². The SMILES string of the molecule is CCN(C(=O)c1cccc(-c2cc(Cl)cc(Cl)c2)c1)[C@@H](C)CCO. The van der Waals surface area contributed by atoms with Crippen LogP contribution in [0.5, 0.6) is 0 Å². The molecule has 0 fully saturated rings. The van der Waals surface area contributed by atoms with Gasteiger partial charge in [-0.3, -0.25) is 4.79 Å². The number of aliphatic hydroxyl groups excluding tert-OH is 1. The van der Waals surface area contributed by atoms with Crippen molar-refractivity contribution >= 4 is 29.1 Å². The first kappa shape index (κ1) is 18.8. The standard InChI is InChI=1S/C19H21Cl2NO2/c1-3-22(13(2)7-8-23)19(24)15-6-4-5-14(9-15)16-10-17(20)12-18(21)11-16/h4-6,9-13,23H,3,7-8H2,1-2H3/t13-/m0/s1. The van der Waals surface area contributed by atoms with Crippen LogP contribution in [0, 0.1) is 0 Å². The van der Waals surface area contributed by atoms with E-state index in [1.807, 2.05) is 44.2 Å². The van der Waals surface area contributed by atoms with Gasteiger partial charge in [0.1, 0.15) is 0 Å². The molecule has 0 aliphatic rings. The van der Waals surface area contributed by atoms with Crippen molar-refractivity contribution in [2.24, 2.45) is 0 Å². The highest BCUT2D eigenvalue weighted by atomic mass is 35.5. The first-order valence-corrected chi connectivity index (χ1v) is 8.70. The van der Waals surface area contributed by atoms with Crippen LogP contribution in [-0.4, -0.2) is 35.1 Å². The highest BCUT2D eigenvalue weighted by Crippen LogP contribution is 2.28. The van der Waals surface area contributed by atoms with Gasteiger partial charge in [0.05, 0.1) is 0 Å². The number of amides is 1. The Hall–Kier alpha value is -1.55. The van der Waals surface area contributed by atoms with Gasteiger partial charge in [0.15, 0.2) is 0 Å². The molecule has 0 heterocycles. The number of nitrogens with zero attached hydrogens (tertiary/aromatic N) is 1. The second-order valence-corrected chi connectivity index (χ2v) is 6.56. The minimum atomic E-state index is -0.0478. The first-order chi connectivity index (χ1) is 11.5. The van der Waals surface area contributed by atoms with Crippen LogP contribution >= 0.6 is 23.2 Å². The van der Waals surface area contributed by atoms with E-state index in [9.17, 15) is 4.79 Å². The minimum absolute atomic E-state index is 0.0169. The first-order valence-electron chi connectivity index (χ1n) is 7.94. The Morgan fingerprint density at radius 1 is 1.12 bits per heavy atom. The second kappa shape index (κ2) is 8.52. The number of halogens is 2.